The molecule has 2 aliphatic heterocycles. The summed E-state index contributed by atoms with van der Waals surface area (Å²) in [4.78, 5) is 23.9. The second-order valence-electron chi connectivity index (χ2n) is 4.36. The number of amides is 3. The summed E-state index contributed by atoms with van der Waals surface area (Å²) in [5, 5.41) is 39.1. The Morgan fingerprint density at radius 1 is 1.42 bits per heavy atom. The van der Waals surface area contributed by atoms with Crippen molar-refractivity contribution in [2.75, 3.05) is 13.2 Å². The Morgan fingerprint density at radius 2 is 2.11 bits per heavy atom. The molecule has 2 heterocycles. The molecular formula is C10H13N3O6. The summed E-state index contributed by atoms with van der Waals surface area (Å²) >= 11 is 0. The molecule has 104 valence electrons. The molecule has 5 atom stereocenters. The lowest BCUT2D eigenvalue weighted by molar-refractivity contribution is -0.129. The first-order valence-electron chi connectivity index (χ1n) is 5.63. The first-order valence-corrected chi connectivity index (χ1v) is 5.63. The summed E-state index contributed by atoms with van der Waals surface area (Å²) in [6, 6.07) is 0.910. The maximum absolute atomic E-state index is 11.6. The van der Waals surface area contributed by atoms with Gasteiger partial charge < -0.3 is 20.1 Å². The number of hydrogen-bond donors (Lipinski definition) is 4. The van der Waals surface area contributed by atoms with Crippen molar-refractivity contribution >= 4 is 11.9 Å². The molecule has 19 heavy (non-hydrogen) atoms. The van der Waals surface area contributed by atoms with Crippen LogP contribution in [-0.4, -0.2) is 69.8 Å². The number of urea groups is 1. The number of carbonyl (C=O) groups excluding carboxylic acids is 2. The maximum atomic E-state index is 11.6. The van der Waals surface area contributed by atoms with Crippen molar-refractivity contribution in [3.05, 3.63) is 0 Å². The van der Waals surface area contributed by atoms with E-state index in [0.29, 0.717) is 0 Å². The molecule has 0 aromatic carbocycles. The Balaban J connectivity index is 2.15. The fourth-order valence-electron chi connectivity index (χ4n) is 2.08. The van der Waals surface area contributed by atoms with Gasteiger partial charge in [-0.15, -0.1) is 0 Å². The molecule has 9 nitrogen and oxygen atoms in total. The van der Waals surface area contributed by atoms with E-state index in [0.717, 1.165) is 4.90 Å². The quantitative estimate of drug-likeness (QED) is 0.422. The van der Waals surface area contributed by atoms with Crippen LogP contribution < -0.4 is 5.32 Å². The van der Waals surface area contributed by atoms with Gasteiger partial charge in [0.05, 0.1) is 12.7 Å². The highest BCUT2D eigenvalue weighted by atomic mass is 16.6. The largest absolute Gasteiger partial charge is 0.394 e. The van der Waals surface area contributed by atoms with E-state index in [2.05, 4.69) is 0 Å². The predicted octanol–water partition coefficient (Wildman–Crippen LogP) is -2.88. The molecule has 2 aliphatic rings. The van der Waals surface area contributed by atoms with Crippen molar-refractivity contribution in [1.82, 2.24) is 10.2 Å². The number of ether oxygens (including phenoxy) is 1. The molecule has 4 N–H and O–H groups in total. The minimum atomic E-state index is -1.42. The lowest BCUT2D eigenvalue weighted by atomic mass is 10.1. The number of hydrogen-bond acceptors (Lipinski definition) is 7. The molecular weight excluding hydrogens is 258 g/mol. The monoisotopic (exact) mass is 271 g/mol. The lowest BCUT2D eigenvalue weighted by Crippen LogP contribution is -2.59. The number of nitrogens with one attached hydrogen (secondary N) is 1. The van der Waals surface area contributed by atoms with Crippen LogP contribution in [0, 0.1) is 17.2 Å². The van der Waals surface area contributed by atoms with Gasteiger partial charge >= 0.3 is 6.03 Å². The third-order valence-electron chi connectivity index (χ3n) is 3.17. The zero-order chi connectivity index (χ0) is 14.2. The van der Waals surface area contributed by atoms with Crippen LogP contribution in [0.1, 0.15) is 0 Å². The molecule has 0 saturated carbocycles. The smallest absolute Gasteiger partial charge is 0.326 e. The van der Waals surface area contributed by atoms with E-state index in [4.69, 9.17) is 15.1 Å². The van der Waals surface area contributed by atoms with E-state index in [-0.39, 0.29) is 6.54 Å². The number of aliphatic hydroxyl groups is 3. The van der Waals surface area contributed by atoms with Gasteiger partial charge in [-0.05, 0) is 0 Å². The van der Waals surface area contributed by atoms with E-state index in [1.807, 2.05) is 5.32 Å². The number of nitriles is 1. The van der Waals surface area contributed by atoms with E-state index in [9.17, 15) is 19.8 Å². The van der Waals surface area contributed by atoms with Crippen LogP contribution in [0.3, 0.4) is 0 Å². The fraction of sp³-hybridized carbons (Fsp3) is 0.700. The van der Waals surface area contributed by atoms with Crippen LogP contribution in [0.4, 0.5) is 4.79 Å². The molecule has 0 bridgehead atoms. The molecule has 0 aliphatic carbocycles. The van der Waals surface area contributed by atoms with Gasteiger partial charge in [-0.25, -0.2) is 4.79 Å². The average Bonchev–Trinajstić information content (AvgIpc) is 2.67. The maximum Gasteiger partial charge on any atom is 0.326 e. The molecule has 2 saturated heterocycles. The molecule has 0 aromatic heterocycles. The van der Waals surface area contributed by atoms with Crippen LogP contribution in [0.15, 0.2) is 0 Å². The SMILES string of the molecule is N#CC1CN([C@@H]2O[C@H](CO)[C@@H](O)[C@H]2O)C(=O)NC1=O. The van der Waals surface area contributed by atoms with E-state index in [1.54, 1.807) is 6.07 Å². The van der Waals surface area contributed by atoms with Crippen LogP contribution in [0.25, 0.3) is 0 Å². The van der Waals surface area contributed by atoms with Crippen molar-refractivity contribution in [3.8, 4) is 6.07 Å². The summed E-state index contributed by atoms with van der Waals surface area (Å²) in [5.74, 6) is -1.78. The summed E-state index contributed by atoms with van der Waals surface area (Å²) < 4.78 is 5.17. The minimum absolute atomic E-state index is 0.242. The van der Waals surface area contributed by atoms with Crippen molar-refractivity contribution in [2.45, 2.75) is 24.5 Å². The van der Waals surface area contributed by atoms with E-state index in [1.165, 1.54) is 0 Å². The van der Waals surface area contributed by atoms with E-state index < -0.39 is 49.0 Å². The van der Waals surface area contributed by atoms with E-state index >= 15 is 0 Å². The predicted molar refractivity (Wildman–Crippen MR) is 57.1 cm³/mol. The van der Waals surface area contributed by atoms with Gasteiger partial charge in [-0.2, -0.15) is 5.26 Å². The second kappa shape index (κ2) is 5.10. The molecule has 1 unspecified atom stereocenters. The van der Waals surface area contributed by atoms with Gasteiger partial charge in [0.15, 0.2) is 6.23 Å². The number of imide groups is 1. The van der Waals surface area contributed by atoms with Gasteiger partial charge in [0.1, 0.15) is 24.2 Å². The standard InChI is InChI=1S/C10H13N3O6/c11-1-4-2-13(10(18)12-8(4)17)9-7(16)6(15)5(3-14)19-9/h4-7,9,14-16H,2-3H2,(H,12,17,18)/t4?,5-,6-,7-,9-/m1/s1. The lowest BCUT2D eigenvalue weighted by Gasteiger charge is -2.34. The number of rotatable bonds is 2. The highest BCUT2D eigenvalue weighted by molar-refractivity contribution is 5.99. The molecule has 0 aromatic rings. The Bertz CT molecular complexity index is 435. The number of aliphatic hydroxyl groups excluding tert-OH is 3. The zero-order valence-electron chi connectivity index (χ0n) is 9.76. The van der Waals surface area contributed by atoms with Crippen LogP contribution in [0.2, 0.25) is 0 Å². The Labute approximate surface area is 108 Å². The molecule has 9 heteroatoms. The van der Waals surface area contributed by atoms with Crippen molar-refractivity contribution in [2.24, 2.45) is 5.92 Å². The van der Waals surface area contributed by atoms with Gasteiger partial charge in [0.2, 0.25) is 5.91 Å². The second-order valence-corrected chi connectivity index (χ2v) is 4.36. The van der Waals surface area contributed by atoms with Crippen molar-refractivity contribution < 1.29 is 29.6 Å². The normalized spacial score (nSPS) is 39.1. The van der Waals surface area contributed by atoms with Crippen LogP contribution in [-0.2, 0) is 9.53 Å². The van der Waals surface area contributed by atoms with Crippen molar-refractivity contribution in [1.29, 1.82) is 5.26 Å². The summed E-state index contributed by atoms with van der Waals surface area (Å²) in [5.41, 5.74) is 0. The Kier molecular flexibility index (Phi) is 3.68. The van der Waals surface area contributed by atoms with Crippen LogP contribution in [0.5, 0.6) is 0 Å². The fourth-order valence-corrected chi connectivity index (χ4v) is 2.08. The van der Waals surface area contributed by atoms with Gasteiger partial charge in [0, 0.05) is 6.54 Å². The van der Waals surface area contributed by atoms with Gasteiger partial charge in [-0.3, -0.25) is 15.0 Å². The van der Waals surface area contributed by atoms with Gasteiger partial charge in [0.25, 0.3) is 0 Å². The molecule has 2 rings (SSSR count). The highest BCUT2D eigenvalue weighted by Gasteiger charge is 2.49. The van der Waals surface area contributed by atoms with Crippen LogP contribution >= 0.6 is 0 Å². The zero-order valence-corrected chi connectivity index (χ0v) is 9.76. The summed E-state index contributed by atoms with van der Waals surface area (Å²) in [7, 11) is 0. The first kappa shape index (κ1) is 13.7. The number of carbonyl (C=O) groups is 2. The third kappa shape index (κ3) is 2.26. The van der Waals surface area contributed by atoms with Crippen molar-refractivity contribution in [3.63, 3.8) is 0 Å². The minimum Gasteiger partial charge on any atom is -0.394 e. The molecule has 3 amide bonds. The Morgan fingerprint density at radius 3 is 2.63 bits per heavy atom. The Hall–Kier alpha value is -1.73. The summed E-state index contributed by atoms with van der Waals surface area (Å²) in [6.45, 7) is -0.765. The third-order valence-corrected chi connectivity index (χ3v) is 3.17. The number of nitrogens with zero attached hydrogens (tertiary/aromatic N) is 2. The molecule has 0 radical (unpaired) electrons. The molecule has 2 fully saturated rings. The highest BCUT2D eigenvalue weighted by Crippen LogP contribution is 2.26. The molecule has 0 spiro atoms. The van der Waals surface area contributed by atoms with Gasteiger partial charge in [-0.1, -0.05) is 0 Å². The summed E-state index contributed by atoms with van der Waals surface area (Å²) in [6.07, 6.45) is -5.00. The average molecular weight is 271 g/mol. The topological polar surface area (TPSA) is 143 Å². The first-order chi connectivity index (χ1) is 8.99.